The van der Waals surface area contributed by atoms with E-state index in [-0.39, 0.29) is 49.1 Å². The maximum atomic E-state index is 14.3. The van der Waals surface area contributed by atoms with Crippen molar-refractivity contribution in [3.05, 3.63) is 75.5 Å². The third-order valence-corrected chi connectivity index (χ3v) is 7.13. The first-order chi connectivity index (χ1) is 20.2. The van der Waals surface area contributed by atoms with Gasteiger partial charge in [-0.05, 0) is 62.4 Å². The number of hydrogen-bond donors (Lipinski definition) is 3. The maximum Gasteiger partial charge on any atom is 0.431 e. The second kappa shape index (κ2) is 14.5. The number of phenolic OH excluding ortho intramolecular Hbond substituents is 1. The molecule has 3 rings (SSSR count). The van der Waals surface area contributed by atoms with E-state index < -0.39 is 83.1 Å². The van der Waals surface area contributed by atoms with Gasteiger partial charge < -0.3 is 25.5 Å². The zero-order valence-electron chi connectivity index (χ0n) is 22.9. The Morgan fingerprint density at radius 1 is 1.12 bits per heavy atom. The van der Waals surface area contributed by atoms with Crippen LogP contribution >= 0.6 is 11.6 Å². The molecule has 0 unspecified atom stereocenters. The van der Waals surface area contributed by atoms with Gasteiger partial charge in [-0.15, -0.1) is 0 Å². The van der Waals surface area contributed by atoms with E-state index >= 15 is 0 Å². The van der Waals surface area contributed by atoms with E-state index in [1.807, 2.05) is 0 Å². The minimum absolute atomic E-state index is 0.138. The van der Waals surface area contributed by atoms with Gasteiger partial charge in [-0.3, -0.25) is 14.4 Å². The van der Waals surface area contributed by atoms with Gasteiger partial charge >= 0.3 is 12.1 Å². The Morgan fingerprint density at radius 2 is 1.74 bits per heavy atom. The Kier molecular flexibility index (Phi) is 11.3. The van der Waals surface area contributed by atoms with Crippen molar-refractivity contribution in [1.82, 2.24) is 10.2 Å². The fraction of sp³-hybridized carbons (Fsp3) is 0.379. The number of nitrogens with one attached hydrogen (secondary N) is 2. The number of benzene rings is 2. The summed E-state index contributed by atoms with van der Waals surface area (Å²) in [4.78, 5) is 39.3. The van der Waals surface area contributed by atoms with Crippen LogP contribution in [0.5, 0.6) is 5.75 Å². The predicted molar refractivity (Wildman–Crippen MR) is 147 cm³/mol. The molecule has 0 aromatic heterocycles. The highest BCUT2D eigenvalue weighted by molar-refractivity contribution is 6.34. The van der Waals surface area contributed by atoms with E-state index in [1.54, 1.807) is 6.92 Å². The number of nitrogens with zero attached hydrogens (tertiary/aromatic N) is 1. The van der Waals surface area contributed by atoms with Gasteiger partial charge in [0.25, 0.3) is 5.91 Å². The molecular formula is C29H29ClF5N3O5. The number of amides is 1. The predicted octanol–water partition coefficient (Wildman–Crippen LogP) is 5.71. The van der Waals surface area contributed by atoms with Gasteiger partial charge in [-0.25, -0.2) is 8.78 Å². The van der Waals surface area contributed by atoms with Crippen molar-refractivity contribution in [3.8, 4) is 5.75 Å². The van der Waals surface area contributed by atoms with Gasteiger partial charge in [-0.2, -0.15) is 13.2 Å². The number of aromatic hydroxyl groups is 1. The van der Waals surface area contributed by atoms with Gasteiger partial charge in [0.1, 0.15) is 23.1 Å². The van der Waals surface area contributed by atoms with E-state index in [4.69, 9.17) is 21.7 Å². The molecule has 2 aromatic carbocycles. The summed E-state index contributed by atoms with van der Waals surface area (Å²) in [5.41, 5.74) is -3.31. The molecule has 0 saturated heterocycles. The molecule has 0 spiro atoms. The summed E-state index contributed by atoms with van der Waals surface area (Å²) in [5.74, 6) is -5.96. The SMILES string of the molecule is CCOC(=O)[C@H]1CC[C@H](N/C(=C(\C=N)C(=O)N(CC(=O)c2c(O)cccc2Cl)Cc2cc(F)cc(F)c2)C(F)(F)F)CC1. The average molecular weight is 630 g/mol. The van der Waals surface area contributed by atoms with Crippen molar-refractivity contribution >= 4 is 35.5 Å². The molecule has 0 atom stereocenters. The molecule has 1 saturated carbocycles. The van der Waals surface area contributed by atoms with E-state index in [1.165, 1.54) is 12.1 Å². The van der Waals surface area contributed by atoms with E-state index in [0.29, 0.717) is 11.0 Å². The minimum Gasteiger partial charge on any atom is -0.507 e. The largest absolute Gasteiger partial charge is 0.507 e. The van der Waals surface area contributed by atoms with Crippen LogP contribution in [-0.4, -0.2) is 59.3 Å². The maximum absolute atomic E-state index is 14.3. The quantitative estimate of drug-likeness (QED) is 0.0963. The Hall–Kier alpha value is -4.00. The summed E-state index contributed by atoms with van der Waals surface area (Å²) in [6.45, 7) is 0.124. The first-order valence-corrected chi connectivity index (χ1v) is 13.6. The smallest absolute Gasteiger partial charge is 0.431 e. The van der Waals surface area contributed by atoms with Crippen LogP contribution in [-0.2, 0) is 20.9 Å². The molecule has 232 valence electrons. The van der Waals surface area contributed by atoms with Crippen LogP contribution < -0.4 is 5.32 Å². The van der Waals surface area contributed by atoms with Crippen LogP contribution in [0.2, 0.25) is 5.02 Å². The Balaban J connectivity index is 1.98. The van der Waals surface area contributed by atoms with Gasteiger partial charge in [0.05, 0.1) is 35.2 Å². The lowest BCUT2D eigenvalue weighted by atomic mass is 9.86. The number of allylic oxidation sites excluding steroid dienone is 1. The molecule has 43 heavy (non-hydrogen) atoms. The molecule has 1 aliphatic carbocycles. The summed E-state index contributed by atoms with van der Waals surface area (Å²) in [6.07, 6.45) is -4.22. The van der Waals surface area contributed by atoms with Crippen LogP contribution in [0.3, 0.4) is 0 Å². The molecule has 8 nitrogen and oxygen atoms in total. The summed E-state index contributed by atoms with van der Waals surface area (Å²) in [7, 11) is 0. The Morgan fingerprint density at radius 3 is 2.28 bits per heavy atom. The highest BCUT2D eigenvalue weighted by Crippen LogP contribution is 2.32. The zero-order chi connectivity index (χ0) is 31.9. The van der Waals surface area contributed by atoms with Crippen LogP contribution in [0.1, 0.15) is 48.5 Å². The number of ketones is 1. The van der Waals surface area contributed by atoms with E-state index in [0.717, 1.165) is 18.2 Å². The van der Waals surface area contributed by atoms with Gasteiger partial charge in [-0.1, -0.05) is 17.7 Å². The molecule has 14 heteroatoms. The van der Waals surface area contributed by atoms with Gasteiger partial charge in [0.15, 0.2) is 5.78 Å². The standard InChI is InChI=1S/C29H29ClF5N3O5/c1-2-43-28(42)17-6-8-20(9-7-17)37-26(29(33,34)35)21(13-36)27(41)38(14-16-10-18(31)12-19(32)11-16)15-24(40)25-22(30)4-3-5-23(25)39/h3-5,10-13,17,20,36-37,39H,2,6-9,14-15H2,1H3/b26-21+,36-13?/t17-,20-. The summed E-state index contributed by atoms with van der Waals surface area (Å²) in [6, 6.07) is 5.15. The number of alkyl halides is 3. The summed E-state index contributed by atoms with van der Waals surface area (Å²) < 4.78 is 75.8. The first kappa shape index (κ1) is 33.5. The molecule has 0 heterocycles. The number of rotatable bonds is 11. The third-order valence-electron chi connectivity index (χ3n) is 6.81. The van der Waals surface area contributed by atoms with Crippen molar-refractivity contribution in [2.24, 2.45) is 5.92 Å². The highest BCUT2D eigenvalue weighted by atomic mass is 35.5. The molecule has 0 bridgehead atoms. The molecule has 1 amide bonds. The third kappa shape index (κ3) is 8.76. The molecule has 2 aromatic rings. The first-order valence-electron chi connectivity index (χ1n) is 13.2. The monoisotopic (exact) mass is 629 g/mol. The number of hydrogen-bond acceptors (Lipinski definition) is 7. The second-order valence-electron chi connectivity index (χ2n) is 9.87. The Bertz CT molecular complexity index is 1370. The number of Topliss-reactive ketones (excluding diaryl/α,β-unsaturated/α-hetero) is 1. The number of ether oxygens (including phenoxy) is 1. The molecular weight excluding hydrogens is 601 g/mol. The van der Waals surface area contributed by atoms with E-state index in [2.05, 4.69) is 5.32 Å². The Labute approximate surface area is 249 Å². The summed E-state index contributed by atoms with van der Waals surface area (Å²) in [5, 5.41) is 20.0. The van der Waals surface area contributed by atoms with Crippen molar-refractivity contribution < 1.29 is 46.2 Å². The topological polar surface area (TPSA) is 120 Å². The summed E-state index contributed by atoms with van der Waals surface area (Å²) >= 11 is 6.03. The molecule has 0 radical (unpaired) electrons. The van der Waals surface area contributed by atoms with E-state index in [9.17, 15) is 41.4 Å². The second-order valence-corrected chi connectivity index (χ2v) is 10.3. The molecule has 1 fully saturated rings. The van der Waals surface area contributed by atoms with Crippen molar-refractivity contribution in [2.75, 3.05) is 13.2 Å². The number of halogens is 6. The van der Waals surface area contributed by atoms with Crippen molar-refractivity contribution in [2.45, 2.75) is 51.4 Å². The van der Waals surface area contributed by atoms with Gasteiger partial charge in [0.2, 0.25) is 0 Å². The van der Waals surface area contributed by atoms with Crippen molar-refractivity contribution in [1.29, 1.82) is 5.41 Å². The lowest BCUT2D eigenvalue weighted by molar-refractivity contribution is -0.149. The van der Waals surface area contributed by atoms with Gasteiger partial charge in [0, 0.05) is 24.9 Å². The van der Waals surface area contributed by atoms with Crippen LogP contribution in [0.25, 0.3) is 0 Å². The van der Waals surface area contributed by atoms with Crippen molar-refractivity contribution in [3.63, 3.8) is 0 Å². The molecule has 0 aliphatic heterocycles. The lowest BCUT2D eigenvalue weighted by Gasteiger charge is -2.31. The average Bonchev–Trinajstić information content (AvgIpc) is 2.91. The number of esters is 1. The fourth-order valence-corrected chi connectivity index (χ4v) is 5.10. The highest BCUT2D eigenvalue weighted by Gasteiger charge is 2.41. The van der Waals surface area contributed by atoms with Crippen LogP contribution in [0.15, 0.2) is 47.7 Å². The normalized spacial score (nSPS) is 17.5. The lowest BCUT2D eigenvalue weighted by Crippen LogP contribution is -2.43. The van der Waals surface area contributed by atoms with Crippen LogP contribution in [0, 0.1) is 23.0 Å². The molecule has 1 aliphatic rings. The number of phenols is 1. The fourth-order valence-electron chi connectivity index (χ4n) is 4.82. The number of carbonyl (C=O) groups excluding carboxylic acids is 3. The van der Waals surface area contributed by atoms with Crippen LogP contribution in [0.4, 0.5) is 22.0 Å². The molecule has 3 N–H and O–H groups in total. The minimum atomic E-state index is -5.15. The zero-order valence-corrected chi connectivity index (χ0v) is 23.7. The number of carbonyl (C=O) groups is 3.